The van der Waals surface area contributed by atoms with Gasteiger partial charge in [0.2, 0.25) is 29.5 Å². The molecule has 2 aliphatic rings. The summed E-state index contributed by atoms with van der Waals surface area (Å²) in [5, 5.41) is 23.3. The minimum absolute atomic E-state index is 0.0294. The van der Waals surface area contributed by atoms with Crippen molar-refractivity contribution < 1.29 is 29.1 Å². The van der Waals surface area contributed by atoms with Gasteiger partial charge in [-0.3, -0.25) is 34.0 Å². The monoisotopic (exact) mass is 783 g/mol. The molecule has 2 saturated heterocycles. The molecule has 3 aromatic rings. The van der Waals surface area contributed by atoms with Crippen molar-refractivity contribution in [2.24, 2.45) is 32.9 Å². The van der Waals surface area contributed by atoms with Crippen LogP contribution in [0, 0.1) is 0 Å². The Morgan fingerprint density at radius 3 is 1.77 bits per heavy atom. The first kappa shape index (κ1) is 41.8. The number of phenolic OH excluding ortho intramolecular Hbond substituents is 1. The number of carbonyl (C=O) groups is 5. The lowest BCUT2D eigenvalue weighted by Crippen LogP contribution is -2.60. The Kier molecular flexibility index (Phi) is 14.6. The Bertz CT molecular complexity index is 1960. The second kappa shape index (κ2) is 20.0. The Morgan fingerprint density at radius 2 is 1.16 bits per heavy atom. The molecule has 0 aliphatic carbocycles. The smallest absolute Gasteiger partial charge is 0.246 e. The highest BCUT2D eigenvalue weighted by molar-refractivity contribution is 5.98. The lowest BCUT2D eigenvalue weighted by Gasteiger charge is -2.38. The molecule has 57 heavy (non-hydrogen) atoms. The highest BCUT2D eigenvalue weighted by Gasteiger charge is 2.39. The molecule has 5 rings (SSSR count). The molecule has 304 valence electrons. The molecule has 2 aliphatic heterocycles. The molecule has 0 saturated carbocycles. The Morgan fingerprint density at radius 1 is 0.632 bits per heavy atom. The van der Waals surface area contributed by atoms with E-state index in [0.717, 1.165) is 16.3 Å². The van der Waals surface area contributed by atoms with Gasteiger partial charge < -0.3 is 54.2 Å². The van der Waals surface area contributed by atoms with E-state index >= 15 is 0 Å². The number of rotatable bonds is 12. The SMILES string of the molecule is NC(N)=NCCC[C@@H]1NC(=O)[C@H](Cc2ccc3ccccc3c2)NC(=O)[C@H]2CCCCN2C(=O)[C@@H](Cc2ccc(O)cc2)NC(=O)[C@@H](CCCN=C(N)N)NC1=O. The van der Waals surface area contributed by atoms with Crippen molar-refractivity contribution in [3.8, 4) is 5.75 Å². The van der Waals surface area contributed by atoms with Crippen LogP contribution in [-0.2, 0) is 36.8 Å². The molecule has 2 heterocycles. The van der Waals surface area contributed by atoms with Crippen LogP contribution in [0.4, 0.5) is 0 Å². The second-order valence-corrected chi connectivity index (χ2v) is 14.4. The summed E-state index contributed by atoms with van der Waals surface area (Å²) in [7, 11) is 0. The van der Waals surface area contributed by atoms with E-state index in [0.29, 0.717) is 31.2 Å². The minimum Gasteiger partial charge on any atom is -0.508 e. The van der Waals surface area contributed by atoms with E-state index in [-0.39, 0.29) is 69.4 Å². The van der Waals surface area contributed by atoms with Crippen molar-refractivity contribution >= 4 is 52.2 Å². The van der Waals surface area contributed by atoms with Gasteiger partial charge in [0.15, 0.2) is 11.9 Å². The van der Waals surface area contributed by atoms with Gasteiger partial charge in [-0.05, 0) is 79.0 Å². The van der Waals surface area contributed by atoms with Gasteiger partial charge in [-0.25, -0.2) is 0 Å². The molecule has 0 spiro atoms. The molecule has 0 bridgehead atoms. The van der Waals surface area contributed by atoms with Crippen molar-refractivity contribution in [2.75, 3.05) is 19.6 Å². The number of benzene rings is 3. The Balaban J connectivity index is 1.54. The van der Waals surface area contributed by atoms with E-state index in [1.807, 2.05) is 42.5 Å². The van der Waals surface area contributed by atoms with E-state index < -0.39 is 59.7 Å². The van der Waals surface area contributed by atoms with Crippen LogP contribution in [0.1, 0.15) is 56.1 Å². The maximum Gasteiger partial charge on any atom is 0.246 e. The van der Waals surface area contributed by atoms with Crippen molar-refractivity contribution in [1.82, 2.24) is 26.2 Å². The lowest BCUT2D eigenvalue weighted by molar-refractivity contribution is -0.145. The van der Waals surface area contributed by atoms with Crippen LogP contribution in [0.3, 0.4) is 0 Å². The highest BCUT2D eigenvalue weighted by atomic mass is 16.3. The number of aromatic hydroxyl groups is 1. The molecule has 5 atom stereocenters. The number of nitrogens with one attached hydrogen (secondary N) is 4. The first-order chi connectivity index (χ1) is 27.4. The fraction of sp³-hybridized carbons (Fsp3) is 0.425. The maximum absolute atomic E-state index is 14.5. The number of phenols is 1. The van der Waals surface area contributed by atoms with Crippen LogP contribution in [0.5, 0.6) is 5.75 Å². The number of guanidine groups is 2. The third-order valence-corrected chi connectivity index (χ3v) is 10.1. The normalized spacial score (nSPS) is 22.1. The quantitative estimate of drug-likeness (QED) is 0.0661. The molecule has 2 fully saturated rings. The molecule has 0 unspecified atom stereocenters. The third-order valence-electron chi connectivity index (χ3n) is 10.1. The predicted octanol–water partition coefficient (Wildman–Crippen LogP) is -0.228. The summed E-state index contributed by atoms with van der Waals surface area (Å²) in [6.45, 7) is 0.577. The van der Waals surface area contributed by atoms with E-state index in [1.165, 1.54) is 17.0 Å². The van der Waals surface area contributed by atoms with Crippen LogP contribution in [0.25, 0.3) is 10.8 Å². The Hall–Kier alpha value is -6.39. The summed E-state index contributed by atoms with van der Waals surface area (Å²) in [4.78, 5) is 80.9. The van der Waals surface area contributed by atoms with Crippen molar-refractivity contribution in [1.29, 1.82) is 0 Å². The van der Waals surface area contributed by atoms with Gasteiger partial charge in [0.05, 0.1) is 0 Å². The first-order valence-corrected chi connectivity index (χ1v) is 19.3. The van der Waals surface area contributed by atoms with Gasteiger partial charge in [0, 0.05) is 32.5 Å². The number of hydrogen-bond acceptors (Lipinski definition) is 8. The van der Waals surface area contributed by atoms with E-state index in [4.69, 9.17) is 22.9 Å². The van der Waals surface area contributed by atoms with E-state index in [9.17, 15) is 29.1 Å². The van der Waals surface area contributed by atoms with Crippen LogP contribution >= 0.6 is 0 Å². The average molecular weight is 784 g/mol. The van der Waals surface area contributed by atoms with Gasteiger partial charge in [-0.15, -0.1) is 0 Å². The number of nitrogens with two attached hydrogens (primary N) is 4. The van der Waals surface area contributed by atoms with Crippen LogP contribution in [0.2, 0.25) is 0 Å². The van der Waals surface area contributed by atoms with Crippen LogP contribution < -0.4 is 44.2 Å². The molecule has 3 aromatic carbocycles. The molecule has 17 nitrogen and oxygen atoms in total. The summed E-state index contributed by atoms with van der Waals surface area (Å²) in [5.41, 5.74) is 23.5. The second-order valence-electron chi connectivity index (χ2n) is 14.4. The summed E-state index contributed by atoms with van der Waals surface area (Å²) < 4.78 is 0. The van der Waals surface area contributed by atoms with Crippen molar-refractivity contribution in [3.63, 3.8) is 0 Å². The molecule has 0 aromatic heterocycles. The fourth-order valence-corrected chi connectivity index (χ4v) is 7.18. The summed E-state index contributed by atoms with van der Waals surface area (Å²) in [6.07, 6.45) is 2.49. The minimum atomic E-state index is -1.17. The topological polar surface area (TPSA) is 286 Å². The van der Waals surface area contributed by atoms with E-state index in [2.05, 4.69) is 31.3 Å². The number of carbonyl (C=O) groups excluding carboxylic acids is 5. The van der Waals surface area contributed by atoms with Crippen molar-refractivity contribution in [2.45, 2.75) is 88.0 Å². The number of piperidine rings is 1. The predicted molar refractivity (Wildman–Crippen MR) is 216 cm³/mol. The molecular formula is C40H53N11O6. The van der Waals surface area contributed by atoms with Crippen LogP contribution in [-0.4, -0.2) is 101 Å². The summed E-state index contributed by atoms with van der Waals surface area (Å²) in [5.74, 6) is -3.20. The summed E-state index contributed by atoms with van der Waals surface area (Å²) >= 11 is 0. The van der Waals surface area contributed by atoms with Crippen molar-refractivity contribution in [3.05, 3.63) is 77.9 Å². The first-order valence-electron chi connectivity index (χ1n) is 19.3. The number of fused-ring (bicyclic) bond motifs is 2. The largest absolute Gasteiger partial charge is 0.508 e. The number of amides is 5. The van der Waals surface area contributed by atoms with Gasteiger partial charge in [0.1, 0.15) is 36.0 Å². The molecule has 17 heteroatoms. The molecular weight excluding hydrogens is 731 g/mol. The zero-order valence-electron chi connectivity index (χ0n) is 31.9. The molecule has 13 N–H and O–H groups in total. The molecule has 5 amide bonds. The lowest BCUT2D eigenvalue weighted by atomic mass is 9.96. The third kappa shape index (κ3) is 12.0. The molecule has 0 radical (unpaired) electrons. The fourth-order valence-electron chi connectivity index (χ4n) is 7.18. The standard InChI is InChI=1S/C40H53N11O6/c41-39(42)45-18-5-9-29-34(53)47-30(10-6-19-46-40(43)44)35(54)50-32(22-24-13-16-28(52)17-14-24)38(57)51-20-4-3-11-33(51)37(56)49-31(36(55)48-29)23-25-12-15-26-7-1-2-8-27(26)21-25/h1-2,7-8,12-17,21,29-33,52H,3-6,9-11,18-20,22-23H2,(H,47,53)(H,48,55)(H,49,56)(H,50,54)(H4,41,42,45)(H4,43,44,46)/t29-,30+,31-,32+,33+/m0/s1. The summed E-state index contributed by atoms with van der Waals surface area (Å²) in [6, 6.07) is 14.2. The van der Waals surface area contributed by atoms with Gasteiger partial charge in [-0.2, -0.15) is 0 Å². The van der Waals surface area contributed by atoms with Gasteiger partial charge >= 0.3 is 0 Å². The van der Waals surface area contributed by atoms with Gasteiger partial charge in [0.25, 0.3) is 0 Å². The number of hydrogen-bond donors (Lipinski definition) is 9. The zero-order chi connectivity index (χ0) is 40.9. The van der Waals surface area contributed by atoms with E-state index in [1.54, 1.807) is 12.1 Å². The highest BCUT2D eigenvalue weighted by Crippen LogP contribution is 2.22. The maximum atomic E-state index is 14.5. The number of aliphatic imine (C=N–C) groups is 2. The Labute approximate surface area is 331 Å². The zero-order valence-corrected chi connectivity index (χ0v) is 31.9. The van der Waals surface area contributed by atoms with Gasteiger partial charge in [-0.1, -0.05) is 54.6 Å². The van der Waals surface area contributed by atoms with Crippen LogP contribution in [0.15, 0.2) is 76.7 Å². The number of nitrogens with zero attached hydrogens (tertiary/aromatic N) is 3. The average Bonchev–Trinajstić information content (AvgIpc) is 3.19.